The van der Waals surface area contributed by atoms with Crippen molar-refractivity contribution in [1.29, 1.82) is 0 Å². The fourth-order valence-electron chi connectivity index (χ4n) is 0.852. The summed E-state index contributed by atoms with van der Waals surface area (Å²) in [7, 11) is 3.12. The summed E-state index contributed by atoms with van der Waals surface area (Å²) < 4.78 is 9.98. The number of ether oxygens (including phenoxy) is 2. The minimum Gasteiger partial charge on any atom is -0.496 e. The Bertz CT molecular complexity index is 289. The molecule has 1 aromatic heterocycles. The first-order valence-corrected chi connectivity index (χ1v) is 3.82. The van der Waals surface area contributed by atoms with Crippen molar-refractivity contribution in [1.82, 2.24) is 4.98 Å². The van der Waals surface area contributed by atoms with Gasteiger partial charge in [0.15, 0.2) is 0 Å². The second-order valence-corrected chi connectivity index (χ2v) is 2.64. The van der Waals surface area contributed by atoms with Crippen LogP contribution in [0.5, 0.6) is 11.6 Å². The van der Waals surface area contributed by atoms with Crippen molar-refractivity contribution >= 4 is 11.6 Å². The summed E-state index contributed by atoms with van der Waals surface area (Å²) >= 11 is 5.81. The molecule has 0 aromatic carbocycles. The molecule has 0 atom stereocenters. The highest BCUT2D eigenvalue weighted by molar-refractivity contribution is 6.30. The predicted octanol–water partition coefficient (Wildman–Crippen LogP) is 2.06. The Hall–Kier alpha value is -0.960. The van der Waals surface area contributed by atoms with Crippen LogP contribution in [0.15, 0.2) is 6.07 Å². The van der Waals surface area contributed by atoms with Crippen LogP contribution in [0.3, 0.4) is 0 Å². The van der Waals surface area contributed by atoms with Gasteiger partial charge in [-0.15, -0.1) is 0 Å². The van der Waals surface area contributed by atoms with Crippen molar-refractivity contribution in [3.05, 3.63) is 16.8 Å². The van der Waals surface area contributed by atoms with E-state index >= 15 is 0 Å². The van der Waals surface area contributed by atoms with Gasteiger partial charge in [-0.3, -0.25) is 0 Å². The molecule has 0 spiro atoms. The van der Waals surface area contributed by atoms with Gasteiger partial charge in [0.2, 0.25) is 5.88 Å². The van der Waals surface area contributed by atoms with E-state index in [1.165, 1.54) is 7.11 Å². The van der Waals surface area contributed by atoms with Crippen molar-refractivity contribution in [2.75, 3.05) is 14.2 Å². The molecular weight excluding hydrogens is 178 g/mol. The summed E-state index contributed by atoms with van der Waals surface area (Å²) in [4.78, 5) is 3.96. The summed E-state index contributed by atoms with van der Waals surface area (Å²) in [6.45, 7) is 1.84. The van der Waals surface area contributed by atoms with Crippen LogP contribution in [-0.4, -0.2) is 19.2 Å². The Morgan fingerprint density at radius 2 is 2.00 bits per heavy atom. The Labute approximate surface area is 76.3 Å². The average Bonchev–Trinajstić information content (AvgIpc) is 2.09. The molecular formula is C8H10ClNO2. The molecule has 0 saturated heterocycles. The molecule has 1 aromatic rings. The van der Waals surface area contributed by atoms with Gasteiger partial charge in [-0.05, 0) is 6.92 Å². The van der Waals surface area contributed by atoms with Crippen LogP contribution in [-0.2, 0) is 0 Å². The van der Waals surface area contributed by atoms with E-state index in [0.717, 1.165) is 5.56 Å². The smallest absolute Gasteiger partial charge is 0.218 e. The van der Waals surface area contributed by atoms with Crippen molar-refractivity contribution in [2.24, 2.45) is 0 Å². The van der Waals surface area contributed by atoms with Crippen molar-refractivity contribution in [2.45, 2.75) is 6.92 Å². The Kier molecular flexibility index (Phi) is 2.76. The molecule has 1 heterocycles. The molecule has 0 amide bonds. The number of rotatable bonds is 2. The third kappa shape index (κ3) is 1.61. The molecule has 12 heavy (non-hydrogen) atoms. The second kappa shape index (κ2) is 3.63. The highest BCUT2D eigenvalue weighted by atomic mass is 35.5. The maximum Gasteiger partial charge on any atom is 0.218 e. The van der Waals surface area contributed by atoms with E-state index in [2.05, 4.69) is 4.98 Å². The van der Waals surface area contributed by atoms with Gasteiger partial charge >= 0.3 is 0 Å². The minimum absolute atomic E-state index is 0.409. The van der Waals surface area contributed by atoms with E-state index in [0.29, 0.717) is 16.8 Å². The molecule has 4 heteroatoms. The number of methoxy groups -OCH3 is 2. The molecule has 0 aliphatic rings. The van der Waals surface area contributed by atoms with Gasteiger partial charge in [0, 0.05) is 11.6 Å². The lowest BCUT2D eigenvalue weighted by Gasteiger charge is -2.07. The van der Waals surface area contributed by atoms with Gasteiger partial charge in [-0.1, -0.05) is 11.6 Å². The highest BCUT2D eigenvalue weighted by Gasteiger charge is 2.07. The lowest BCUT2D eigenvalue weighted by atomic mass is 10.3. The van der Waals surface area contributed by atoms with Gasteiger partial charge < -0.3 is 9.47 Å². The summed E-state index contributed by atoms with van der Waals surface area (Å²) in [5, 5.41) is 0.409. The summed E-state index contributed by atoms with van der Waals surface area (Å²) in [6.07, 6.45) is 0. The number of nitrogens with zero attached hydrogens (tertiary/aromatic N) is 1. The van der Waals surface area contributed by atoms with Crippen molar-refractivity contribution in [3.63, 3.8) is 0 Å². The Balaban J connectivity index is 3.19. The summed E-state index contributed by atoms with van der Waals surface area (Å²) in [5.74, 6) is 1.15. The largest absolute Gasteiger partial charge is 0.496 e. The SMILES string of the molecule is COc1cc(OC)c(C)c(Cl)n1. The maximum atomic E-state index is 5.81. The lowest BCUT2D eigenvalue weighted by Crippen LogP contribution is -1.94. The van der Waals surface area contributed by atoms with Gasteiger partial charge in [0.1, 0.15) is 10.9 Å². The summed E-state index contributed by atoms with van der Waals surface area (Å²) in [5.41, 5.74) is 0.819. The monoisotopic (exact) mass is 187 g/mol. The first-order chi connectivity index (χ1) is 5.69. The molecule has 0 radical (unpaired) electrons. The van der Waals surface area contributed by atoms with Gasteiger partial charge in [0.25, 0.3) is 0 Å². The fraction of sp³-hybridized carbons (Fsp3) is 0.375. The topological polar surface area (TPSA) is 31.4 Å². The average molecular weight is 188 g/mol. The first kappa shape index (κ1) is 9.13. The molecule has 0 aliphatic carbocycles. The van der Waals surface area contributed by atoms with Crippen molar-refractivity contribution < 1.29 is 9.47 Å². The zero-order valence-corrected chi connectivity index (χ0v) is 7.97. The van der Waals surface area contributed by atoms with Crippen LogP contribution in [0.25, 0.3) is 0 Å². The molecule has 0 bridgehead atoms. The van der Waals surface area contributed by atoms with Crippen molar-refractivity contribution in [3.8, 4) is 11.6 Å². The molecule has 0 N–H and O–H groups in total. The third-order valence-corrected chi connectivity index (χ3v) is 1.94. The van der Waals surface area contributed by atoms with Crippen LogP contribution >= 0.6 is 11.6 Å². The van der Waals surface area contributed by atoms with Crippen LogP contribution < -0.4 is 9.47 Å². The number of hydrogen-bond acceptors (Lipinski definition) is 3. The van der Waals surface area contributed by atoms with E-state index in [1.54, 1.807) is 13.2 Å². The van der Waals surface area contributed by atoms with E-state index in [1.807, 2.05) is 6.92 Å². The molecule has 66 valence electrons. The van der Waals surface area contributed by atoms with Gasteiger partial charge in [-0.2, -0.15) is 0 Å². The number of aromatic nitrogens is 1. The van der Waals surface area contributed by atoms with Crippen LogP contribution in [0.2, 0.25) is 5.15 Å². The van der Waals surface area contributed by atoms with Crippen LogP contribution in [0.4, 0.5) is 0 Å². The molecule has 0 unspecified atom stereocenters. The van der Waals surface area contributed by atoms with Crippen LogP contribution in [0, 0.1) is 6.92 Å². The first-order valence-electron chi connectivity index (χ1n) is 3.44. The Morgan fingerprint density at radius 1 is 1.33 bits per heavy atom. The standard InChI is InChI=1S/C8H10ClNO2/c1-5-6(11-2)4-7(12-3)10-8(5)9/h4H,1-3H3. The minimum atomic E-state index is 0.409. The number of halogens is 1. The summed E-state index contributed by atoms with van der Waals surface area (Å²) in [6, 6.07) is 1.70. The second-order valence-electron chi connectivity index (χ2n) is 2.28. The number of hydrogen-bond donors (Lipinski definition) is 0. The van der Waals surface area contributed by atoms with E-state index in [-0.39, 0.29) is 0 Å². The number of pyridine rings is 1. The van der Waals surface area contributed by atoms with E-state index < -0.39 is 0 Å². The normalized spacial score (nSPS) is 9.67. The maximum absolute atomic E-state index is 5.81. The molecule has 0 aliphatic heterocycles. The quantitative estimate of drug-likeness (QED) is 0.665. The highest BCUT2D eigenvalue weighted by Crippen LogP contribution is 2.27. The zero-order chi connectivity index (χ0) is 9.14. The third-order valence-electron chi connectivity index (χ3n) is 1.57. The fourth-order valence-corrected chi connectivity index (χ4v) is 1.03. The lowest BCUT2D eigenvalue weighted by molar-refractivity contribution is 0.380. The van der Waals surface area contributed by atoms with Gasteiger partial charge in [-0.25, -0.2) is 4.98 Å². The molecule has 0 fully saturated rings. The van der Waals surface area contributed by atoms with Crippen LogP contribution in [0.1, 0.15) is 5.56 Å². The molecule has 1 rings (SSSR count). The molecule has 3 nitrogen and oxygen atoms in total. The zero-order valence-electron chi connectivity index (χ0n) is 7.22. The predicted molar refractivity (Wildman–Crippen MR) is 47.1 cm³/mol. The van der Waals surface area contributed by atoms with Gasteiger partial charge in [0.05, 0.1) is 14.2 Å². The molecule has 0 saturated carbocycles. The van der Waals surface area contributed by atoms with E-state index in [4.69, 9.17) is 21.1 Å². The van der Waals surface area contributed by atoms with E-state index in [9.17, 15) is 0 Å². The Morgan fingerprint density at radius 3 is 2.50 bits per heavy atom.